The van der Waals surface area contributed by atoms with Gasteiger partial charge in [-0.05, 0) is 30.5 Å². The van der Waals surface area contributed by atoms with Crippen LogP contribution in [0.3, 0.4) is 0 Å². The minimum Gasteiger partial charge on any atom is -0.355 e. The van der Waals surface area contributed by atoms with Crippen molar-refractivity contribution in [1.82, 2.24) is 20.0 Å². The lowest BCUT2D eigenvalue weighted by Crippen LogP contribution is -2.32. The Labute approximate surface area is 141 Å². The van der Waals surface area contributed by atoms with Crippen molar-refractivity contribution in [3.05, 3.63) is 53.6 Å². The molecule has 1 fully saturated rings. The Hall–Kier alpha value is -2.21. The summed E-state index contributed by atoms with van der Waals surface area (Å²) in [5, 5.41) is 7.13. The number of carbonyl (C=O) groups is 1. The molecule has 0 saturated carbocycles. The van der Waals surface area contributed by atoms with E-state index in [0.717, 1.165) is 26.1 Å². The predicted molar refractivity (Wildman–Crippen MR) is 89.7 cm³/mol. The number of hydrogen-bond acceptors (Lipinski definition) is 3. The summed E-state index contributed by atoms with van der Waals surface area (Å²) in [7, 11) is 1.92. The number of aryl methyl sites for hydroxylation is 1. The Balaban J connectivity index is 1.41. The molecule has 24 heavy (non-hydrogen) atoms. The van der Waals surface area contributed by atoms with Crippen molar-refractivity contribution in [2.75, 3.05) is 19.6 Å². The number of benzene rings is 1. The number of halogens is 1. The number of amides is 1. The zero-order valence-corrected chi connectivity index (χ0v) is 13.9. The van der Waals surface area contributed by atoms with Gasteiger partial charge >= 0.3 is 0 Å². The van der Waals surface area contributed by atoms with E-state index in [-0.39, 0.29) is 18.1 Å². The number of aromatic nitrogens is 2. The van der Waals surface area contributed by atoms with Crippen molar-refractivity contribution < 1.29 is 9.18 Å². The summed E-state index contributed by atoms with van der Waals surface area (Å²) in [6, 6.07) is 6.42. The maximum absolute atomic E-state index is 13.6. The van der Waals surface area contributed by atoms with Crippen LogP contribution in [0.4, 0.5) is 4.39 Å². The summed E-state index contributed by atoms with van der Waals surface area (Å²) in [4.78, 5) is 14.4. The molecule has 1 atom stereocenters. The molecule has 0 bridgehead atoms. The van der Waals surface area contributed by atoms with Crippen molar-refractivity contribution in [1.29, 1.82) is 0 Å². The van der Waals surface area contributed by atoms with Crippen LogP contribution in [-0.4, -0.2) is 40.2 Å². The average Bonchev–Trinajstić information content (AvgIpc) is 3.17. The first-order valence-electron chi connectivity index (χ1n) is 8.30. The summed E-state index contributed by atoms with van der Waals surface area (Å²) in [6.45, 7) is 3.54. The standard InChI is InChI=1S/C18H23FN4O/c1-22-11-15(10-21-22)13-23-7-6-14(12-23)9-20-18(24)8-16-4-2-3-5-17(16)19/h2-5,10-11,14H,6-9,12-13H2,1H3,(H,20,24)/t14-/m1/s1. The molecule has 128 valence electrons. The first-order valence-corrected chi connectivity index (χ1v) is 8.30. The van der Waals surface area contributed by atoms with Crippen molar-refractivity contribution in [3.63, 3.8) is 0 Å². The fourth-order valence-electron chi connectivity index (χ4n) is 3.17. The van der Waals surface area contributed by atoms with E-state index in [2.05, 4.69) is 15.3 Å². The second-order valence-electron chi connectivity index (χ2n) is 6.48. The maximum Gasteiger partial charge on any atom is 0.224 e. The largest absolute Gasteiger partial charge is 0.355 e. The number of rotatable bonds is 6. The number of carbonyl (C=O) groups excluding carboxylic acids is 1. The van der Waals surface area contributed by atoms with Crippen molar-refractivity contribution in [3.8, 4) is 0 Å². The quantitative estimate of drug-likeness (QED) is 0.878. The molecule has 3 rings (SSSR count). The molecular weight excluding hydrogens is 307 g/mol. The molecule has 6 heteroatoms. The summed E-state index contributed by atoms with van der Waals surface area (Å²) in [5.74, 6) is 0.00760. The van der Waals surface area contributed by atoms with E-state index in [1.165, 1.54) is 11.6 Å². The third-order valence-electron chi connectivity index (χ3n) is 4.43. The van der Waals surface area contributed by atoms with E-state index >= 15 is 0 Å². The van der Waals surface area contributed by atoms with Gasteiger partial charge in [-0.1, -0.05) is 18.2 Å². The van der Waals surface area contributed by atoms with Gasteiger partial charge in [0.15, 0.2) is 0 Å². The second kappa shape index (κ2) is 7.57. The van der Waals surface area contributed by atoms with Crippen molar-refractivity contribution in [2.24, 2.45) is 13.0 Å². The van der Waals surface area contributed by atoms with Gasteiger partial charge in [0.2, 0.25) is 5.91 Å². The first kappa shape index (κ1) is 16.6. The van der Waals surface area contributed by atoms with Gasteiger partial charge in [-0.25, -0.2) is 4.39 Å². The predicted octanol–water partition coefficient (Wildman–Crippen LogP) is 1.74. The Kier molecular flexibility index (Phi) is 5.25. The van der Waals surface area contributed by atoms with Crippen LogP contribution >= 0.6 is 0 Å². The van der Waals surface area contributed by atoms with Crippen LogP contribution in [0.2, 0.25) is 0 Å². The zero-order chi connectivity index (χ0) is 16.9. The van der Waals surface area contributed by atoms with Gasteiger partial charge in [-0.2, -0.15) is 5.10 Å². The molecule has 1 aromatic carbocycles. The first-order chi connectivity index (χ1) is 11.6. The highest BCUT2D eigenvalue weighted by Gasteiger charge is 2.23. The Morgan fingerprint density at radius 2 is 2.25 bits per heavy atom. The molecule has 1 aliphatic rings. The summed E-state index contributed by atoms with van der Waals surface area (Å²) in [6.07, 6.45) is 5.09. The van der Waals surface area contributed by atoms with E-state index in [9.17, 15) is 9.18 Å². The SMILES string of the molecule is Cn1cc(CN2CC[C@H](CNC(=O)Cc3ccccc3F)C2)cn1. The molecule has 1 aliphatic heterocycles. The molecule has 0 aliphatic carbocycles. The smallest absolute Gasteiger partial charge is 0.224 e. The van der Waals surface area contributed by atoms with Crippen LogP contribution in [0.15, 0.2) is 36.7 Å². The lowest BCUT2D eigenvalue weighted by Gasteiger charge is -2.15. The van der Waals surface area contributed by atoms with Gasteiger partial charge in [0.25, 0.3) is 0 Å². The van der Waals surface area contributed by atoms with Crippen LogP contribution in [0.5, 0.6) is 0 Å². The molecule has 1 amide bonds. The average molecular weight is 330 g/mol. The van der Waals surface area contributed by atoms with Crippen LogP contribution in [0, 0.1) is 11.7 Å². The van der Waals surface area contributed by atoms with Crippen LogP contribution < -0.4 is 5.32 Å². The fourth-order valence-corrected chi connectivity index (χ4v) is 3.17. The van der Waals surface area contributed by atoms with Gasteiger partial charge in [0, 0.05) is 38.4 Å². The molecule has 0 spiro atoms. The summed E-state index contributed by atoms with van der Waals surface area (Å²) < 4.78 is 15.4. The van der Waals surface area contributed by atoms with Crippen LogP contribution in [-0.2, 0) is 24.8 Å². The van der Waals surface area contributed by atoms with Gasteiger partial charge in [0.05, 0.1) is 12.6 Å². The highest BCUT2D eigenvalue weighted by Crippen LogP contribution is 2.18. The second-order valence-corrected chi connectivity index (χ2v) is 6.48. The van der Waals surface area contributed by atoms with Crippen molar-refractivity contribution in [2.45, 2.75) is 19.4 Å². The maximum atomic E-state index is 13.6. The van der Waals surface area contributed by atoms with Crippen LogP contribution in [0.25, 0.3) is 0 Å². The monoisotopic (exact) mass is 330 g/mol. The molecular formula is C18H23FN4O. The van der Waals surface area contributed by atoms with E-state index in [1.807, 2.05) is 24.1 Å². The molecule has 5 nitrogen and oxygen atoms in total. The number of likely N-dealkylation sites (tertiary alicyclic amines) is 1. The zero-order valence-electron chi connectivity index (χ0n) is 13.9. The molecule has 1 N–H and O–H groups in total. The molecule has 0 radical (unpaired) electrons. The third-order valence-corrected chi connectivity index (χ3v) is 4.43. The van der Waals surface area contributed by atoms with E-state index in [4.69, 9.17) is 0 Å². The lowest BCUT2D eigenvalue weighted by molar-refractivity contribution is -0.120. The molecule has 2 aromatic rings. The molecule has 1 aromatic heterocycles. The third kappa shape index (κ3) is 4.41. The van der Waals surface area contributed by atoms with E-state index < -0.39 is 0 Å². The van der Waals surface area contributed by atoms with Gasteiger partial charge in [-0.15, -0.1) is 0 Å². The minimum absolute atomic E-state index is 0.0960. The van der Waals surface area contributed by atoms with E-state index in [1.54, 1.807) is 18.2 Å². The Morgan fingerprint density at radius 3 is 3.00 bits per heavy atom. The summed E-state index contributed by atoms with van der Waals surface area (Å²) in [5.41, 5.74) is 1.65. The highest BCUT2D eigenvalue weighted by atomic mass is 19.1. The molecule has 2 heterocycles. The minimum atomic E-state index is -0.323. The highest BCUT2D eigenvalue weighted by molar-refractivity contribution is 5.78. The van der Waals surface area contributed by atoms with Gasteiger partial charge in [-0.3, -0.25) is 14.4 Å². The Bertz CT molecular complexity index is 700. The van der Waals surface area contributed by atoms with Crippen LogP contribution in [0.1, 0.15) is 17.5 Å². The Morgan fingerprint density at radius 1 is 1.42 bits per heavy atom. The number of nitrogens with one attached hydrogen (secondary N) is 1. The van der Waals surface area contributed by atoms with E-state index in [0.29, 0.717) is 18.0 Å². The van der Waals surface area contributed by atoms with Gasteiger partial charge < -0.3 is 5.32 Å². The number of hydrogen-bond donors (Lipinski definition) is 1. The normalized spacial score (nSPS) is 18.0. The topological polar surface area (TPSA) is 50.2 Å². The summed E-state index contributed by atoms with van der Waals surface area (Å²) >= 11 is 0. The molecule has 0 unspecified atom stereocenters. The molecule has 1 saturated heterocycles. The lowest BCUT2D eigenvalue weighted by atomic mass is 10.1. The number of nitrogens with zero attached hydrogens (tertiary/aromatic N) is 3. The fraction of sp³-hybridized carbons (Fsp3) is 0.444. The van der Waals surface area contributed by atoms with Gasteiger partial charge in [0.1, 0.15) is 5.82 Å². The van der Waals surface area contributed by atoms with Crippen molar-refractivity contribution >= 4 is 5.91 Å².